The van der Waals surface area contributed by atoms with Crippen LogP contribution in [-0.4, -0.2) is 13.2 Å². The lowest BCUT2D eigenvalue weighted by Gasteiger charge is -1.95. The molecular weight excluding hydrogens is 92.1 g/mol. The second-order valence-electron chi connectivity index (χ2n) is 1.01. The van der Waals surface area contributed by atoms with E-state index in [9.17, 15) is 0 Å². The second kappa shape index (κ2) is 5.92. The van der Waals surface area contributed by atoms with Gasteiger partial charge in [0, 0.05) is 13.2 Å². The van der Waals surface area contributed by atoms with Gasteiger partial charge in [0.15, 0.2) is 0 Å². The average molecular weight is 103 g/mol. The van der Waals surface area contributed by atoms with Crippen LogP contribution in [0.3, 0.4) is 0 Å². The van der Waals surface area contributed by atoms with Crippen LogP contribution < -0.4 is 0 Å². The first kappa shape index (κ1) is 6.92. The van der Waals surface area contributed by atoms with Crippen molar-refractivity contribution in [1.82, 2.24) is 0 Å². The fourth-order valence-electron chi connectivity index (χ4n) is 0.184. The van der Waals surface area contributed by atoms with E-state index >= 15 is 0 Å². The van der Waals surface area contributed by atoms with Gasteiger partial charge in [-0.1, -0.05) is 0 Å². The van der Waals surface area contributed by atoms with Crippen molar-refractivity contribution in [3.05, 3.63) is 6.79 Å². The number of ether oxygens (including phenoxy) is 2. The summed E-state index contributed by atoms with van der Waals surface area (Å²) in [5.74, 6) is 0. The molecule has 0 aliphatic carbocycles. The third kappa shape index (κ3) is 5.92. The smallest absolute Gasteiger partial charge is 0.209 e. The van der Waals surface area contributed by atoms with Gasteiger partial charge in [-0.25, -0.2) is 0 Å². The van der Waals surface area contributed by atoms with Gasteiger partial charge in [0.2, 0.25) is 6.79 Å². The topological polar surface area (TPSA) is 18.5 Å². The van der Waals surface area contributed by atoms with E-state index in [-0.39, 0.29) is 0 Å². The summed E-state index contributed by atoms with van der Waals surface area (Å²) in [6.45, 7) is 6.55. The summed E-state index contributed by atoms with van der Waals surface area (Å²) in [7, 11) is 0. The number of hydrogen-bond donors (Lipinski definition) is 0. The Kier molecular flexibility index (Phi) is 5.85. The Morgan fingerprint density at radius 2 is 1.57 bits per heavy atom. The maximum Gasteiger partial charge on any atom is 0.209 e. The lowest BCUT2D eigenvalue weighted by atomic mass is 10.9. The highest BCUT2D eigenvalue weighted by Crippen LogP contribution is 1.81. The van der Waals surface area contributed by atoms with E-state index in [1.807, 2.05) is 13.8 Å². The highest BCUT2D eigenvalue weighted by atomic mass is 16.7. The molecule has 0 aliphatic rings. The van der Waals surface area contributed by atoms with E-state index < -0.39 is 0 Å². The average Bonchev–Trinajstić information content (AvgIpc) is 1.69. The highest BCUT2D eigenvalue weighted by molar-refractivity contribution is 4.23. The molecule has 0 aromatic rings. The van der Waals surface area contributed by atoms with Crippen molar-refractivity contribution in [3.8, 4) is 0 Å². The molecule has 0 aromatic carbocycles. The van der Waals surface area contributed by atoms with Crippen molar-refractivity contribution < 1.29 is 9.47 Å². The van der Waals surface area contributed by atoms with Gasteiger partial charge in [0.1, 0.15) is 0 Å². The molecular formula is C5H11O2. The summed E-state index contributed by atoms with van der Waals surface area (Å²) in [5, 5.41) is 0. The Labute approximate surface area is 44.4 Å². The Hall–Kier alpha value is -0.0800. The summed E-state index contributed by atoms with van der Waals surface area (Å²) in [6.07, 6.45) is 0. The van der Waals surface area contributed by atoms with Gasteiger partial charge in [0.25, 0.3) is 0 Å². The van der Waals surface area contributed by atoms with Crippen LogP contribution in [0.4, 0.5) is 0 Å². The van der Waals surface area contributed by atoms with Gasteiger partial charge in [0.05, 0.1) is 0 Å². The predicted octanol–water partition coefficient (Wildman–Crippen LogP) is 1.18. The van der Waals surface area contributed by atoms with Gasteiger partial charge in [-0.3, -0.25) is 0 Å². The first-order chi connectivity index (χ1) is 3.41. The van der Waals surface area contributed by atoms with Gasteiger partial charge in [-0.2, -0.15) is 0 Å². The molecule has 0 aliphatic heterocycles. The first-order valence-electron chi connectivity index (χ1n) is 2.46. The quantitative estimate of drug-likeness (QED) is 0.497. The maximum atomic E-state index is 4.73. The fourth-order valence-corrected chi connectivity index (χ4v) is 0.184. The van der Waals surface area contributed by atoms with E-state index in [1.165, 1.54) is 6.79 Å². The van der Waals surface area contributed by atoms with Gasteiger partial charge in [-0.15, -0.1) is 0 Å². The van der Waals surface area contributed by atoms with E-state index in [0.717, 1.165) is 0 Å². The van der Waals surface area contributed by atoms with E-state index in [2.05, 4.69) is 0 Å². The normalized spacial score (nSPS) is 9.43. The summed E-state index contributed by atoms with van der Waals surface area (Å²) in [6, 6.07) is 0. The van der Waals surface area contributed by atoms with Crippen molar-refractivity contribution in [3.63, 3.8) is 0 Å². The van der Waals surface area contributed by atoms with Gasteiger partial charge < -0.3 is 9.47 Å². The Morgan fingerprint density at radius 1 is 1.14 bits per heavy atom. The SMILES string of the molecule is CCO[CH]OCC. The molecule has 0 spiro atoms. The predicted molar refractivity (Wildman–Crippen MR) is 27.6 cm³/mol. The summed E-state index contributed by atoms with van der Waals surface area (Å²) in [5.41, 5.74) is 0. The first-order valence-corrected chi connectivity index (χ1v) is 2.46. The molecule has 0 unspecified atom stereocenters. The van der Waals surface area contributed by atoms with Crippen LogP contribution in [0.1, 0.15) is 13.8 Å². The summed E-state index contributed by atoms with van der Waals surface area (Å²) < 4.78 is 9.45. The van der Waals surface area contributed by atoms with E-state index in [1.54, 1.807) is 0 Å². The molecule has 0 fully saturated rings. The minimum atomic E-state index is 0.681. The van der Waals surface area contributed by atoms with Crippen LogP contribution in [0.5, 0.6) is 0 Å². The molecule has 43 valence electrons. The van der Waals surface area contributed by atoms with Crippen molar-refractivity contribution in [1.29, 1.82) is 0 Å². The van der Waals surface area contributed by atoms with Crippen molar-refractivity contribution in [2.75, 3.05) is 13.2 Å². The number of rotatable bonds is 4. The lowest BCUT2D eigenvalue weighted by molar-refractivity contribution is 0.0317. The van der Waals surface area contributed by atoms with Crippen LogP contribution in [0, 0.1) is 6.79 Å². The molecule has 1 radical (unpaired) electrons. The van der Waals surface area contributed by atoms with Crippen LogP contribution in [0.15, 0.2) is 0 Å². The highest BCUT2D eigenvalue weighted by Gasteiger charge is 1.78. The van der Waals surface area contributed by atoms with Crippen LogP contribution in [0.2, 0.25) is 0 Å². The molecule has 2 heteroatoms. The summed E-state index contributed by atoms with van der Waals surface area (Å²) in [4.78, 5) is 0. The molecule has 0 aromatic heterocycles. The molecule has 0 bridgehead atoms. The Morgan fingerprint density at radius 3 is 1.86 bits per heavy atom. The van der Waals surface area contributed by atoms with Crippen LogP contribution in [-0.2, 0) is 9.47 Å². The summed E-state index contributed by atoms with van der Waals surface area (Å²) >= 11 is 0. The third-order valence-corrected chi connectivity index (χ3v) is 0.469. The largest absolute Gasteiger partial charge is 0.348 e. The number of hydrogen-bond acceptors (Lipinski definition) is 2. The zero-order chi connectivity index (χ0) is 5.54. The van der Waals surface area contributed by atoms with Crippen molar-refractivity contribution >= 4 is 0 Å². The Bertz CT molecular complexity index is 25.3. The van der Waals surface area contributed by atoms with Gasteiger partial charge in [-0.05, 0) is 13.8 Å². The minimum Gasteiger partial charge on any atom is -0.348 e. The molecule has 2 nitrogen and oxygen atoms in total. The zero-order valence-electron chi connectivity index (χ0n) is 4.81. The molecule has 0 rings (SSSR count). The van der Waals surface area contributed by atoms with E-state index in [0.29, 0.717) is 13.2 Å². The van der Waals surface area contributed by atoms with Crippen molar-refractivity contribution in [2.45, 2.75) is 13.8 Å². The lowest BCUT2D eigenvalue weighted by Crippen LogP contribution is -1.90. The minimum absolute atomic E-state index is 0.681. The monoisotopic (exact) mass is 103 g/mol. The van der Waals surface area contributed by atoms with Crippen molar-refractivity contribution in [2.24, 2.45) is 0 Å². The third-order valence-electron chi connectivity index (χ3n) is 0.469. The molecule has 0 atom stereocenters. The fraction of sp³-hybridized carbons (Fsp3) is 0.800. The van der Waals surface area contributed by atoms with E-state index in [4.69, 9.17) is 9.47 Å². The standard InChI is InChI=1S/C5H11O2/c1-3-6-5-7-4-2/h5H,3-4H2,1-2H3. The second-order valence-corrected chi connectivity index (χ2v) is 1.01. The molecule has 0 N–H and O–H groups in total. The maximum absolute atomic E-state index is 4.73. The zero-order valence-corrected chi connectivity index (χ0v) is 4.81. The van der Waals surface area contributed by atoms with Crippen LogP contribution >= 0.6 is 0 Å². The molecule has 0 saturated heterocycles. The molecule has 0 saturated carbocycles. The molecule has 0 amide bonds. The molecule has 7 heavy (non-hydrogen) atoms. The van der Waals surface area contributed by atoms with Crippen LogP contribution in [0.25, 0.3) is 0 Å². The Balaban J connectivity index is 2.45. The molecule has 0 heterocycles. The van der Waals surface area contributed by atoms with Gasteiger partial charge >= 0.3 is 0 Å².